The number of benzene rings is 1. The number of nitrogens with zero attached hydrogens (tertiary/aromatic N) is 2. The van der Waals surface area contributed by atoms with E-state index in [2.05, 4.69) is 56.0 Å². The molecule has 1 amide bonds. The first-order valence-corrected chi connectivity index (χ1v) is 12.1. The molecule has 0 bridgehead atoms. The lowest BCUT2D eigenvalue weighted by Gasteiger charge is -2.47. The standard InChI is InChI=1S/C25H34N2O2S/c1-4-20-6-5-7-21(16-20)17-26-12-10-25(11-13-26)18-27(14-15-29-25)24(28)23-9-8-22(30-23)19(2)3/h5-9,16,19H,4,10-15,17-18H2,1-3H3. The number of morpholine rings is 1. The normalized spacial score (nSPS) is 19.5. The lowest BCUT2D eigenvalue weighted by atomic mass is 9.89. The van der Waals surface area contributed by atoms with E-state index < -0.39 is 0 Å². The SMILES string of the molecule is CCc1cccc(CN2CCC3(CC2)CN(C(=O)c2ccc(C(C)C)s2)CCO3)c1. The van der Waals surface area contributed by atoms with Crippen LogP contribution < -0.4 is 0 Å². The fraction of sp³-hybridized carbons (Fsp3) is 0.560. The van der Waals surface area contributed by atoms with E-state index in [0.29, 0.717) is 19.1 Å². The molecule has 0 N–H and O–H groups in total. The van der Waals surface area contributed by atoms with Crippen LogP contribution in [0.4, 0.5) is 0 Å². The van der Waals surface area contributed by atoms with E-state index in [1.807, 2.05) is 11.0 Å². The minimum absolute atomic E-state index is 0.173. The summed E-state index contributed by atoms with van der Waals surface area (Å²) in [4.78, 5) is 19.8. The molecule has 0 saturated carbocycles. The highest BCUT2D eigenvalue weighted by atomic mass is 32.1. The molecular formula is C25H34N2O2S. The van der Waals surface area contributed by atoms with Gasteiger partial charge in [-0.15, -0.1) is 11.3 Å². The number of rotatable bonds is 5. The monoisotopic (exact) mass is 426 g/mol. The summed E-state index contributed by atoms with van der Waals surface area (Å²) in [5.41, 5.74) is 2.62. The molecule has 0 radical (unpaired) electrons. The van der Waals surface area contributed by atoms with Gasteiger partial charge >= 0.3 is 0 Å². The molecule has 0 atom stereocenters. The van der Waals surface area contributed by atoms with E-state index in [9.17, 15) is 4.79 Å². The van der Waals surface area contributed by atoms with E-state index in [-0.39, 0.29) is 11.5 Å². The zero-order valence-electron chi connectivity index (χ0n) is 18.5. The van der Waals surface area contributed by atoms with Crippen molar-refractivity contribution in [1.29, 1.82) is 0 Å². The summed E-state index contributed by atoms with van der Waals surface area (Å²) in [6.07, 6.45) is 3.06. The molecule has 5 heteroatoms. The van der Waals surface area contributed by atoms with Crippen LogP contribution in [0.5, 0.6) is 0 Å². The first-order valence-electron chi connectivity index (χ1n) is 11.3. The molecule has 2 aliphatic heterocycles. The second-order valence-corrected chi connectivity index (χ2v) is 10.2. The molecule has 2 aliphatic rings. The average Bonchev–Trinajstić information content (AvgIpc) is 3.26. The van der Waals surface area contributed by atoms with Crippen LogP contribution in [-0.2, 0) is 17.7 Å². The van der Waals surface area contributed by atoms with Crippen LogP contribution >= 0.6 is 11.3 Å². The Bertz CT molecular complexity index is 868. The molecule has 2 aromatic rings. The zero-order chi connectivity index (χ0) is 21.1. The van der Waals surface area contributed by atoms with E-state index in [1.165, 1.54) is 16.0 Å². The number of ether oxygens (including phenoxy) is 1. The quantitative estimate of drug-likeness (QED) is 0.679. The van der Waals surface area contributed by atoms with Gasteiger partial charge in [-0.3, -0.25) is 9.69 Å². The highest BCUT2D eigenvalue weighted by molar-refractivity contribution is 7.14. The van der Waals surface area contributed by atoms with Crippen LogP contribution in [0.2, 0.25) is 0 Å². The van der Waals surface area contributed by atoms with Crippen LogP contribution in [0.3, 0.4) is 0 Å². The van der Waals surface area contributed by atoms with Crippen molar-refractivity contribution in [2.24, 2.45) is 0 Å². The van der Waals surface area contributed by atoms with Crippen molar-refractivity contribution in [2.75, 3.05) is 32.8 Å². The van der Waals surface area contributed by atoms with Crippen molar-refractivity contribution in [1.82, 2.24) is 9.80 Å². The molecule has 1 aromatic heterocycles. The second kappa shape index (κ2) is 9.21. The Morgan fingerprint density at radius 1 is 1.13 bits per heavy atom. The Labute approximate surface area is 184 Å². The van der Waals surface area contributed by atoms with Gasteiger partial charge in [0.2, 0.25) is 0 Å². The average molecular weight is 427 g/mol. The highest BCUT2D eigenvalue weighted by Gasteiger charge is 2.41. The van der Waals surface area contributed by atoms with Gasteiger partial charge in [0.05, 0.1) is 23.6 Å². The van der Waals surface area contributed by atoms with Crippen LogP contribution in [0.15, 0.2) is 36.4 Å². The lowest BCUT2D eigenvalue weighted by Crippen LogP contribution is -2.57. The van der Waals surface area contributed by atoms with Gasteiger partial charge in [0.1, 0.15) is 0 Å². The molecule has 4 nitrogen and oxygen atoms in total. The molecule has 162 valence electrons. The van der Waals surface area contributed by atoms with E-state index in [1.54, 1.807) is 11.3 Å². The number of hydrogen-bond acceptors (Lipinski definition) is 4. The molecule has 30 heavy (non-hydrogen) atoms. The molecule has 0 unspecified atom stereocenters. The largest absolute Gasteiger partial charge is 0.371 e. The van der Waals surface area contributed by atoms with Crippen LogP contribution in [0, 0.1) is 0 Å². The summed E-state index contributed by atoms with van der Waals surface area (Å²) in [5.74, 6) is 0.642. The van der Waals surface area contributed by atoms with E-state index in [0.717, 1.165) is 50.3 Å². The zero-order valence-corrected chi connectivity index (χ0v) is 19.3. The van der Waals surface area contributed by atoms with Crippen molar-refractivity contribution in [3.05, 3.63) is 57.3 Å². The van der Waals surface area contributed by atoms with Gasteiger partial charge in [-0.25, -0.2) is 0 Å². The van der Waals surface area contributed by atoms with E-state index >= 15 is 0 Å². The van der Waals surface area contributed by atoms with Crippen LogP contribution in [0.1, 0.15) is 65.2 Å². The molecule has 1 aromatic carbocycles. The number of carbonyl (C=O) groups excluding carboxylic acids is 1. The number of likely N-dealkylation sites (tertiary alicyclic amines) is 1. The topological polar surface area (TPSA) is 32.8 Å². The number of hydrogen-bond donors (Lipinski definition) is 0. The fourth-order valence-electron chi connectivity index (χ4n) is 4.58. The summed E-state index contributed by atoms with van der Waals surface area (Å²) >= 11 is 1.64. The van der Waals surface area contributed by atoms with Gasteiger partial charge in [0.15, 0.2) is 0 Å². The third kappa shape index (κ3) is 4.79. The maximum absolute atomic E-state index is 13.1. The Hall–Kier alpha value is -1.69. The number of aryl methyl sites for hydroxylation is 1. The van der Waals surface area contributed by atoms with Gasteiger partial charge in [0.25, 0.3) is 5.91 Å². The van der Waals surface area contributed by atoms with Gasteiger partial charge in [-0.2, -0.15) is 0 Å². The Morgan fingerprint density at radius 3 is 2.60 bits per heavy atom. The van der Waals surface area contributed by atoms with Gasteiger partial charge < -0.3 is 9.64 Å². The predicted octanol–water partition coefficient (Wildman–Crippen LogP) is 4.94. The summed E-state index contributed by atoms with van der Waals surface area (Å²) in [6, 6.07) is 13.0. The fourth-order valence-corrected chi connectivity index (χ4v) is 5.56. The molecule has 0 aliphatic carbocycles. The van der Waals surface area contributed by atoms with Crippen LogP contribution in [-0.4, -0.2) is 54.1 Å². The van der Waals surface area contributed by atoms with E-state index in [4.69, 9.17) is 4.74 Å². The Balaban J connectivity index is 1.35. The molecule has 1 spiro atoms. The smallest absolute Gasteiger partial charge is 0.264 e. The summed E-state index contributed by atoms with van der Waals surface area (Å²) in [6.45, 7) is 11.7. The van der Waals surface area contributed by atoms with Crippen molar-refractivity contribution in [3.8, 4) is 0 Å². The summed E-state index contributed by atoms with van der Waals surface area (Å²) < 4.78 is 6.28. The highest BCUT2D eigenvalue weighted by Crippen LogP contribution is 2.32. The van der Waals surface area contributed by atoms with Crippen molar-refractivity contribution >= 4 is 17.2 Å². The van der Waals surface area contributed by atoms with Crippen molar-refractivity contribution in [2.45, 2.75) is 58.1 Å². The number of carbonyl (C=O) groups is 1. The second-order valence-electron chi connectivity index (χ2n) is 9.06. The van der Waals surface area contributed by atoms with Crippen molar-refractivity contribution < 1.29 is 9.53 Å². The van der Waals surface area contributed by atoms with Crippen molar-refractivity contribution in [3.63, 3.8) is 0 Å². The number of amides is 1. The third-order valence-corrected chi connectivity index (χ3v) is 7.89. The Morgan fingerprint density at radius 2 is 1.90 bits per heavy atom. The minimum atomic E-state index is -0.173. The lowest BCUT2D eigenvalue weighted by molar-refractivity contribution is -0.127. The molecule has 2 saturated heterocycles. The molecule has 4 rings (SSSR count). The minimum Gasteiger partial charge on any atom is -0.371 e. The maximum Gasteiger partial charge on any atom is 0.264 e. The molecule has 2 fully saturated rings. The number of thiophene rings is 1. The van der Waals surface area contributed by atoms with Gasteiger partial charge in [-0.05, 0) is 48.4 Å². The first kappa shape index (κ1) is 21.5. The number of piperidine rings is 1. The maximum atomic E-state index is 13.1. The predicted molar refractivity (Wildman–Crippen MR) is 123 cm³/mol. The third-order valence-electron chi connectivity index (χ3n) is 6.52. The molecular weight excluding hydrogens is 392 g/mol. The first-order chi connectivity index (χ1) is 14.5. The van der Waals surface area contributed by atoms with Gasteiger partial charge in [-0.1, -0.05) is 45.0 Å². The van der Waals surface area contributed by atoms with Gasteiger partial charge in [0, 0.05) is 31.1 Å². The summed E-state index contributed by atoms with van der Waals surface area (Å²) in [7, 11) is 0. The van der Waals surface area contributed by atoms with Crippen LogP contribution in [0.25, 0.3) is 0 Å². The molecule has 3 heterocycles. The Kier molecular flexibility index (Phi) is 6.61. The summed E-state index contributed by atoms with van der Waals surface area (Å²) in [5, 5.41) is 0.